The molecule has 0 saturated heterocycles. The molecule has 0 spiro atoms. The van der Waals surface area contributed by atoms with Crippen LogP contribution < -0.4 is 5.32 Å². The van der Waals surface area contributed by atoms with E-state index in [1.807, 2.05) is 26.0 Å². The average Bonchev–Trinajstić information content (AvgIpc) is 2.97. The van der Waals surface area contributed by atoms with Crippen LogP contribution in [-0.4, -0.2) is 11.5 Å². The van der Waals surface area contributed by atoms with E-state index < -0.39 is 0 Å². The van der Waals surface area contributed by atoms with Crippen LogP contribution in [0.2, 0.25) is 5.02 Å². The van der Waals surface area contributed by atoms with Crippen molar-refractivity contribution in [3.63, 3.8) is 0 Å². The molecule has 0 amide bonds. The Morgan fingerprint density at radius 2 is 2.13 bits per heavy atom. The minimum atomic E-state index is 0.685. The molecular weight excluding hydrogens is 208 g/mol. The maximum atomic E-state index is 5.72. The third-order valence-electron chi connectivity index (χ3n) is 2.55. The number of pyridine rings is 1. The second-order valence-electron chi connectivity index (χ2n) is 3.72. The summed E-state index contributed by atoms with van der Waals surface area (Å²) in [5.74, 6) is 2.65. The van der Waals surface area contributed by atoms with Gasteiger partial charge >= 0.3 is 0 Å². The summed E-state index contributed by atoms with van der Waals surface area (Å²) in [5, 5.41) is 3.98. The summed E-state index contributed by atoms with van der Waals surface area (Å²) in [6.07, 6.45) is 3.01. The summed E-state index contributed by atoms with van der Waals surface area (Å²) in [6, 6.07) is 3.77. The van der Waals surface area contributed by atoms with Gasteiger partial charge in [-0.1, -0.05) is 32.4 Å². The van der Waals surface area contributed by atoms with Crippen LogP contribution in [0.5, 0.6) is 0 Å². The first-order chi connectivity index (χ1) is 7.25. The van der Waals surface area contributed by atoms with Gasteiger partial charge in [0.05, 0.1) is 5.02 Å². The quantitative estimate of drug-likeness (QED) is 0.848. The number of rotatable bonds is 3. The molecule has 1 aliphatic rings. The lowest BCUT2D eigenvalue weighted by Crippen LogP contribution is -2.05. The first-order valence-corrected chi connectivity index (χ1v) is 5.99. The fraction of sp³-hybridized carbons (Fsp3) is 0.583. The van der Waals surface area contributed by atoms with Crippen molar-refractivity contribution in [2.75, 3.05) is 11.9 Å². The van der Waals surface area contributed by atoms with Gasteiger partial charge in [-0.25, -0.2) is 4.98 Å². The van der Waals surface area contributed by atoms with Crippen molar-refractivity contribution < 1.29 is 0 Å². The molecule has 15 heavy (non-hydrogen) atoms. The van der Waals surface area contributed by atoms with E-state index in [0.29, 0.717) is 5.02 Å². The second-order valence-corrected chi connectivity index (χ2v) is 4.15. The predicted octanol–water partition coefficient (Wildman–Crippen LogP) is 3.83. The summed E-state index contributed by atoms with van der Waals surface area (Å²) in [7, 11) is 0. The van der Waals surface area contributed by atoms with Crippen LogP contribution in [-0.2, 0) is 0 Å². The highest BCUT2D eigenvalue weighted by atomic mass is 35.5. The molecule has 1 N–H and O–H groups in total. The third kappa shape index (κ3) is 4.08. The normalized spacial score (nSPS) is 22.7. The summed E-state index contributed by atoms with van der Waals surface area (Å²) in [5.41, 5.74) is 0. The van der Waals surface area contributed by atoms with Gasteiger partial charge in [-0.3, -0.25) is 0 Å². The van der Waals surface area contributed by atoms with Crippen LogP contribution in [0.3, 0.4) is 0 Å². The van der Waals surface area contributed by atoms with E-state index in [4.69, 9.17) is 11.6 Å². The number of nitrogens with one attached hydrogen (secondary N) is 1. The molecule has 1 fully saturated rings. The van der Waals surface area contributed by atoms with E-state index in [0.717, 1.165) is 24.2 Å². The van der Waals surface area contributed by atoms with Crippen LogP contribution in [0.1, 0.15) is 27.2 Å². The molecule has 1 unspecified atom stereocenters. The van der Waals surface area contributed by atoms with Crippen molar-refractivity contribution in [2.24, 2.45) is 11.8 Å². The van der Waals surface area contributed by atoms with Gasteiger partial charge in [0.25, 0.3) is 0 Å². The Bertz CT molecular complexity index is 284. The Morgan fingerprint density at radius 3 is 2.60 bits per heavy atom. The number of anilines is 1. The van der Waals surface area contributed by atoms with Crippen LogP contribution >= 0.6 is 11.6 Å². The average molecular weight is 227 g/mol. The monoisotopic (exact) mass is 226 g/mol. The standard InChI is InChI=1S/C10H13ClN2.C2H6/c1-7-4-8(7)5-12-10-3-2-9(11)6-13-10;1-2/h2-3,6-8H,4-5H2,1H3,(H,12,13);1-2H3/t7-,8?;/m1./s1. The Morgan fingerprint density at radius 1 is 1.47 bits per heavy atom. The molecule has 1 aromatic rings. The molecule has 1 aromatic heterocycles. The topological polar surface area (TPSA) is 24.9 Å². The SMILES string of the molecule is CC.C[C@@H]1CC1CNc1ccc(Cl)cn1. The summed E-state index contributed by atoms with van der Waals surface area (Å²) < 4.78 is 0. The summed E-state index contributed by atoms with van der Waals surface area (Å²) >= 11 is 5.72. The van der Waals surface area contributed by atoms with Crippen molar-refractivity contribution >= 4 is 17.4 Å². The second kappa shape index (κ2) is 5.96. The van der Waals surface area contributed by atoms with E-state index >= 15 is 0 Å². The van der Waals surface area contributed by atoms with Crippen LogP contribution in [0.15, 0.2) is 18.3 Å². The highest BCUT2D eigenvalue weighted by Gasteiger charge is 2.31. The van der Waals surface area contributed by atoms with Gasteiger partial charge in [-0.2, -0.15) is 0 Å². The van der Waals surface area contributed by atoms with E-state index in [2.05, 4.69) is 17.2 Å². The van der Waals surface area contributed by atoms with E-state index in [9.17, 15) is 0 Å². The number of halogens is 1. The molecule has 1 aliphatic carbocycles. The molecule has 3 heteroatoms. The smallest absolute Gasteiger partial charge is 0.125 e. The molecule has 84 valence electrons. The maximum absolute atomic E-state index is 5.72. The molecule has 0 bridgehead atoms. The van der Waals surface area contributed by atoms with E-state index in [1.165, 1.54) is 6.42 Å². The first kappa shape index (κ1) is 12.3. The van der Waals surface area contributed by atoms with Gasteiger partial charge in [-0.15, -0.1) is 0 Å². The summed E-state index contributed by atoms with van der Waals surface area (Å²) in [4.78, 5) is 4.16. The van der Waals surface area contributed by atoms with Crippen LogP contribution in [0.4, 0.5) is 5.82 Å². The fourth-order valence-electron chi connectivity index (χ4n) is 1.40. The van der Waals surface area contributed by atoms with Gasteiger partial charge in [-0.05, 0) is 30.4 Å². The Kier molecular flexibility index (Phi) is 4.89. The zero-order chi connectivity index (χ0) is 11.3. The first-order valence-electron chi connectivity index (χ1n) is 5.61. The molecule has 2 rings (SSSR count). The van der Waals surface area contributed by atoms with Gasteiger partial charge < -0.3 is 5.32 Å². The molecule has 2 atom stereocenters. The highest BCUT2D eigenvalue weighted by Crippen LogP contribution is 2.37. The predicted molar refractivity (Wildman–Crippen MR) is 66.4 cm³/mol. The number of nitrogens with zero attached hydrogens (tertiary/aromatic N) is 1. The lowest BCUT2D eigenvalue weighted by atomic mass is 10.3. The number of aromatic nitrogens is 1. The highest BCUT2D eigenvalue weighted by molar-refractivity contribution is 6.30. The minimum absolute atomic E-state index is 0.685. The molecular formula is C12H19ClN2. The van der Waals surface area contributed by atoms with Crippen molar-refractivity contribution in [3.8, 4) is 0 Å². The van der Waals surface area contributed by atoms with Gasteiger partial charge in [0.2, 0.25) is 0 Å². The lowest BCUT2D eigenvalue weighted by molar-refractivity contribution is 0.784. The largest absolute Gasteiger partial charge is 0.370 e. The molecule has 0 aliphatic heterocycles. The zero-order valence-electron chi connectivity index (χ0n) is 9.63. The molecule has 0 radical (unpaired) electrons. The Balaban J connectivity index is 0.000000531. The fourth-order valence-corrected chi connectivity index (χ4v) is 1.51. The van der Waals surface area contributed by atoms with Gasteiger partial charge in [0.15, 0.2) is 0 Å². The van der Waals surface area contributed by atoms with Crippen molar-refractivity contribution in [1.82, 2.24) is 4.98 Å². The summed E-state index contributed by atoms with van der Waals surface area (Å²) in [6.45, 7) is 7.32. The van der Waals surface area contributed by atoms with E-state index in [-0.39, 0.29) is 0 Å². The van der Waals surface area contributed by atoms with Crippen molar-refractivity contribution in [3.05, 3.63) is 23.4 Å². The number of hydrogen-bond acceptors (Lipinski definition) is 2. The van der Waals surface area contributed by atoms with Crippen molar-refractivity contribution in [2.45, 2.75) is 27.2 Å². The van der Waals surface area contributed by atoms with Gasteiger partial charge in [0.1, 0.15) is 5.82 Å². The zero-order valence-corrected chi connectivity index (χ0v) is 10.4. The third-order valence-corrected chi connectivity index (χ3v) is 2.77. The van der Waals surface area contributed by atoms with E-state index in [1.54, 1.807) is 6.20 Å². The van der Waals surface area contributed by atoms with Gasteiger partial charge in [0, 0.05) is 12.7 Å². The molecule has 1 heterocycles. The number of hydrogen-bond donors (Lipinski definition) is 1. The van der Waals surface area contributed by atoms with Crippen molar-refractivity contribution in [1.29, 1.82) is 0 Å². The molecule has 0 aromatic carbocycles. The lowest BCUT2D eigenvalue weighted by Gasteiger charge is -2.03. The Hall–Kier alpha value is -0.760. The van der Waals surface area contributed by atoms with Crippen LogP contribution in [0, 0.1) is 11.8 Å². The van der Waals surface area contributed by atoms with Crippen LogP contribution in [0.25, 0.3) is 0 Å². The minimum Gasteiger partial charge on any atom is -0.370 e. The maximum Gasteiger partial charge on any atom is 0.125 e. The Labute approximate surface area is 97.1 Å². The molecule has 2 nitrogen and oxygen atoms in total. The molecule has 1 saturated carbocycles.